The van der Waals surface area contributed by atoms with E-state index in [0.717, 1.165) is 0 Å². The van der Waals surface area contributed by atoms with Crippen LogP contribution in [0.25, 0.3) is 0 Å². The van der Waals surface area contributed by atoms with Gasteiger partial charge in [0.15, 0.2) is 12.7 Å². The van der Waals surface area contributed by atoms with Crippen molar-refractivity contribution in [2.24, 2.45) is 0 Å². The van der Waals surface area contributed by atoms with E-state index in [4.69, 9.17) is 4.74 Å². The lowest BCUT2D eigenvalue weighted by Gasteiger charge is -2.41. The van der Waals surface area contributed by atoms with E-state index in [1.807, 2.05) is 0 Å². The van der Waals surface area contributed by atoms with Gasteiger partial charge in [-0.1, -0.05) is 42.5 Å². The number of carbonyl (C=O) groups is 3. The van der Waals surface area contributed by atoms with Gasteiger partial charge in [0, 0.05) is 0 Å². The van der Waals surface area contributed by atoms with Crippen molar-refractivity contribution in [1.82, 2.24) is 0 Å². The van der Waals surface area contributed by atoms with Gasteiger partial charge in [-0.2, -0.15) is 0 Å². The molecular formula is C20H20N2O5. The third-order valence-corrected chi connectivity index (χ3v) is 4.43. The molecule has 0 fully saturated rings. The Bertz CT molecular complexity index is 879. The number of nitrogens with one attached hydrogen (secondary N) is 1. The Morgan fingerprint density at radius 2 is 1.74 bits per heavy atom. The summed E-state index contributed by atoms with van der Waals surface area (Å²) >= 11 is 0. The maximum atomic E-state index is 12.8. The Kier molecular flexibility index (Phi) is 4.96. The van der Waals surface area contributed by atoms with Gasteiger partial charge in [0.05, 0.1) is 11.4 Å². The van der Waals surface area contributed by atoms with E-state index in [2.05, 4.69) is 5.32 Å². The molecule has 0 aliphatic carbocycles. The van der Waals surface area contributed by atoms with E-state index in [-0.39, 0.29) is 5.91 Å². The summed E-state index contributed by atoms with van der Waals surface area (Å²) in [6.07, 6.45) is -1.48. The van der Waals surface area contributed by atoms with E-state index in [0.29, 0.717) is 16.9 Å². The number of carbonyl (C=O) groups excluding carboxylic acids is 3. The van der Waals surface area contributed by atoms with E-state index in [1.165, 1.54) is 4.90 Å². The van der Waals surface area contributed by atoms with Gasteiger partial charge in [-0.25, -0.2) is 4.79 Å². The van der Waals surface area contributed by atoms with Crippen molar-refractivity contribution in [2.75, 3.05) is 16.8 Å². The monoisotopic (exact) mass is 368 g/mol. The van der Waals surface area contributed by atoms with Gasteiger partial charge in [0.1, 0.15) is 5.54 Å². The highest BCUT2D eigenvalue weighted by atomic mass is 16.5. The average molecular weight is 368 g/mol. The van der Waals surface area contributed by atoms with E-state index in [1.54, 1.807) is 68.4 Å². The molecule has 0 saturated heterocycles. The first-order valence-electron chi connectivity index (χ1n) is 8.45. The summed E-state index contributed by atoms with van der Waals surface area (Å²) in [5.41, 5.74) is 0.242. The third kappa shape index (κ3) is 3.54. The number of esters is 1. The summed E-state index contributed by atoms with van der Waals surface area (Å²) in [6.45, 7) is 2.63. The Hall–Kier alpha value is -3.19. The number of benzene rings is 2. The van der Waals surface area contributed by atoms with Crippen LogP contribution in [-0.4, -0.2) is 35.0 Å². The van der Waals surface area contributed by atoms with E-state index in [9.17, 15) is 19.5 Å². The van der Waals surface area contributed by atoms with Crippen molar-refractivity contribution < 1.29 is 24.2 Å². The predicted molar refractivity (Wildman–Crippen MR) is 99.0 cm³/mol. The Morgan fingerprint density at radius 1 is 1.11 bits per heavy atom. The number of para-hydroxylation sites is 2. The van der Waals surface area contributed by atoms with Crippen LogP contribution in [0.1, 0.15) is 25.5 Å². The molecule has 1 atom stereocenters. The molecule has 2 aromatic carbocycles. The molecule has 140 valence electrons. The van der Waals surface area contributed by atoms with Crippen molar-refractivity contribution in [1.29, 1.82) is 0 Å². The topological polar surface area (TPSA) is 95.9 Å². The third-order valence-electron chi connectivity index (χ3n) is 4.43. The molecule has 7 nitrogen and oxygen atoms in total. The van der Waals surface area contributed by atoms with Gasteiger partial charge in [0.2, 0.25) is 5.91 Å². The summed E-state index contributed by atoms with van der Waals surface area (Å²) in [4.78, 5) is 38.5. The lowest BCUT2D eigenvalue weighted by atomic mass is 9.96. The van der Waals surface area contributed by atoms with Crippen molar-refractivity contribution >= 4 is 29.2 Å². The molecule has 0 unspecified atom stereocenters. The molecular weight excluding hydrogens is 348 g/mol. The molecule has 2 amide bonds. The molecule has 2 aromatic rings. The van der Waals surface area contributed by atoms with Crippen LogP contribution >= 0.6 is 0 Å². The highest BCUT2D eigenvalue weighted by Gasteiger charge is 2.43. The number of anilines is 2. The molecule has 1 aliphatic rings. The number of amides is 2. The van der Waals surface area contributed by atoms with E-state index >= 15 is 0 Å². The maximum absolute atomic E-state index is 12.8. The van der Waals surface area contributed by atoms with Crippen LogP contribution in [0, 0.1) is 0 Å². The Labute approximate surface area is 156 Å². The fourth-order valence-corrected chi connectivity index (χ4v) is 2.95. The lowest BCUT2D eigenvalue weighted by Crippen LogP contribution is -2.59. The molecule has 27 heavy (non-hydrogen) atoms. The molecule has 0 bridgehead atoms. The maximum Gasteiger partial charge on any atom is 0.340 e. The lowest BCUT2D eigenvalue weighted by molar-refractivity contribution is -0.157. The second-order valence-electron chi connectivity index (χ2n) is 6.68. The van der Waals surface area contributed by atoms with Crippen molar-refractivity contribution in [2.45, 2.75) is 25.5 Å². The van der Waals surface area contributed by atoms with Gasteiger partial charge >= 0.3 is 5.97 Å². The van der Waals surface area contributed by atoms with Gasteiger partial charge in [-0.3, -0.25) is 14.5 Å². The normalized spacial score (nSPS) is 16.1. The smallest absolute Gasteiger partial charge is 0.340 e. The van der Waals surface area contributed by atoms with Crippen LogP contribution in [-0.2, 0) is 19.1 Å². The predicted octanol–water partition coefficient (Wildman–Crippen LogP) is 2.03. The van der Waals surface area contributed by atoms with Gasteiger partial charge in [-0.05, 0) is 31.5 Å². The number of fused-ring (bicyclic) bond motifs is 1. The number of ether oxygens (including phenoxy) is 1. The average Bonchev–Trinajstić information content (AvgIpc) is 2.66. The molecule has 2 N–H and O–H groups in total. The number of nitrogens with zero attached hydrogens (tertiary/aromatic N) is 1. The quantitative estimate of drug-likeness (QED) is 0.805. The molecule has 7 heteroatoms. The Morgan fingerprint density at radius 3 is 2.44 bits per heavy atom. The first kappa shape index (κ1) is 18.6. The molecule has 1 heterocycles. The van der Waals surface area contributed by atoms with Crippen molar-refractivity contribution in [3.05, 3.63) is 60.2 Å². The number of aliphatic hydroxyl groups excluding tert-OH is 1. The molecule has 1 aliphatic heterocycles. The zero-order valence-electron chi connectivity index (χ0n) is 15.0. The summed E-state index contributed by atoms with van der Waals surface area (Å²) in [5, 5.41) is 12.8. The van der Waals surface area contributed by atoms with Crippen LogP contribution in [0.15, 0.2) is 54.6 Å². The minimum absolute atomic E-state index is 0.342. The SMILES string of the molecule is CC1(C)C(=O)Nc2ccccc2N1C(=O)COC(=O)[C@H](O)c1ccccc1. The highest BCUT2D eigenvalue weighted by molar-refractivity contribution is 6.14. The van der Waals surface area contributed by atoms with E-state index < -0.39 is 30.1 Å². The molecule has 3 rings (SSSR count). The summed E-state index contributed by atoms with van der Waals surface area (Å²) in [7, 11) is 0. The van der Waals surface area contributed by atoms with Crippen LogP contribution in [0.3, 0.4) is 0 Å². The minimum atomic E-state index is -1.48. The van der Waals surface area contributed by atoms with Crippen LogP contribution in [0.5, 0.6) is 0 Å². The molecule has 0 saturated carbocycles. The first-order valence-corrected chi connectivity index (χ1v) is 8.45. The van der Waals surface area contributed by atoms with Crippen LogP contribution in [0.2, 0.25) is 0 Å². The standard InChI is InChI=1S/C20H20N2O5/c1-20(2)19(26)21-14-10-6-7-11-15(14)22(20)16(23)12-27-18(25)17(24)13-8-4-3-5-9-13/h3-11,17,24H,12H2,1-2H3,(H,21,26)/t17-/m1/s1. The van der Waals surface area contributed by atoms with Gasteiger partial charge in [-0.15, -0.1) is 0 Å². The van der Waals surface area contributed by atoms with Crippen LogP contribution in [0.4, 0.5) is 11.4 Å². The van der Waals surface area contributed by atoms with Crippen molar-refractivity contribution in [3.63, 3.8) is 0 Å². The van der Waals surface area contributed by atoms with Gasteiger partial charge < -0.3 is 15.2 Å². The second-order valence-corrected chi connectivity index (χ2v) is 6.68. The highest BCUT2D eigenvalue weighted by Crippen LogP contribution is 2.36. The summed E-state index contributed by atoms with van der Waals surface area (Å²) < 4.78 is 5.00. The Balaban J connectivity index is 1.75. The number of hydrogen-bond donors (Lipinski definition) is 2. The van der Waals surface area contributed by atoms with Crippen LogP contribution < -0.4 is 10.2 Å². The minimum Gasteiger partial charge on any atom is -0.453 e. The number of rotatable bonds is 4. The molecule has 0 spiro atoms. The van der Waals surface area contributed by atoms with Gasteiger partial charge in [0.25, 0.3) is 5.91 Å². The number of hydrogen-bond acceptors (Lipinski definition) is 5. The summed E-state index contributed by atoms with van der Waals surface area (Å²) in [5.74, 6) is -1.83. The largest absolute Gasteiger partial charge is 0.453 e. The second kappa shape index (κ2) is 7.20. The zero-order valence-corrected chi connectivity index (χ0v) is 15.0. The molecule has 0 aromatic heterocycles. The summed E-state index contributed by atoms with van der Waals surface area (Å²) in [6, 6.07) is 15.2. The van der Waals surface area contributed by atoms with Crippen molar-refractivity contribution in [3.8, 4) is 0 Å². The molecule has 0 radical (unpaired) electrons. The fraction of sp³-hybridized carbons (Fsp3) is 0.250. The first-order chi connectivity index (χ1) is 12.8. The number of aliphatic hydroxyl groups is 1. The zero-order chi connectivity index (χ0) is 19.6. The fourth-order valence-electron chi connectivity index (χ4n) is 2.95.